The van der Waals surface area contributed by atoms with E-state index in [-0.39, 0.29) is 5.78 Å². The summed E-state index contributed by atoms with van der Waals surface area (Å²) < 4.78 is 0. The van der Waals surface area contributed by atoms with Crippen molar-refractivity contribution in [3.63, 3.8) is 0 Å². The summed E-state index contributed by atoms with van der Waals surface area (Å²) in [5, 5.41) is 0. The second kappa shape index (κ2) is 4.26. The van der Waals surface area contributed by atoms with Crippen molar-refractivity contribution >= 4 is 5.78 Å². The average Bonchev–Trinajstić information content (AvgIpc) is 2.38. The minimum atomic E-state index is 0.171. The molecule has 1 aliphatic rings. The van der Waals surface area contributed by atoms with Gasteiger partial charge in [0, 0.05) is 12.0 Å². The van der Waals surface area contributed by atoms with Crippen molar-refractivity contribution in [2.24, 2.45) is 0 Å². The number of benzene rings is 2. The monoisotopic (exact) mass is 234 g/mol. The summed E-state index contributed by atoms with van der Waals surface area (Å²) in [7, 11) is 0. The highest BCUT2D eigenvalue weighted by Crippen LogP contribution is 2.32. The topological polar surface area (TPSA) is 17.1 Å². The molecule has 88 valence electrons. The zero-order valence-corrected chi connectivity index (χ0v) is 10.1. The minimum absolute atomic E-state index is 0.171. The smallest absolute Gasteiger partial charge is 0.167 e. The molecule has 0 radical (unpaired) electrons. The first-order valence-electron chi connectivity index (χ1n) is 6.13. The first-order chi connectivity index (χ1) is 8.75. The maximum Gasteiger partial charge on any atom is 0.167 e. The molecule has 1 heteroatoms. The summed E-state index contributed by atoms with van der Waals surface area (Å²) >= 11 is 0. The molecule has 18 heavy (non-hydrogen) atoms. The Bertz CT molecular complexity index is 638. The van der Waals surface area contributed by atoms with E-state index < -0.39 is 0 Å². The minimum Gasteiger partial charge on any atom is -0.294 e. The highest BCUT2D eigenvalue weighted by Gasteiger charge is 2.18. The van der Waals surface area contributed by atoms with Crippen molar-refractivity contribution < 1.29 is 4.79 Å². The Morgan fingerprint density at radius 2 is 1.39 bits per heavy atom. The molecule has 2 aromatic rings. The van der Waals surface area contributed by atoms with Gasteiger partial charge in [0.2, 0.25) is 0 Å². The molecule has 0 saturated heterocycles. The molecule has 0 bridgehead atoms. The van der Waals surface area contributed by atoms with Crippen LogP contribution >= 0.6 is 0 Å². The molecule has 0 heterocycles. The molecular weight excluding hydrogens is 220 g/mol. The lowest BCUT2D eigenvalue weighted by Gasteiger charge is -2.17. The lowest BCUT2D eigenvalue weighted by molar-refractivity contribution is 0.0993. The summed E-state index contributed by atoms with van der Waals surface area (Å²) in [5.41, 5.74) is 5.25. The maximum absolute atomic E-state index is 12.2. The van der Waals surface area contributed by atoms with Crippen molar-refractivity contribution in [1.82, 2.24) is 0 Å². The predicted molar refractivity (Wildman–Crippen MR) is 73.7 cm³/mol. The number of fused-ring (bicyclic) bond motifs is 3. The maximum atomic E-state index is 12.2. The van der Waals surface area contributed by atoms with Gasteiger partial charge in [0.15, 0.2) is 5.78 Å². The van der Waals surface area contributed by atoms with E-state index in [0.717, 1.165) is 28.7 Å². The molecule has 0 saturated carbocycles. The van der Waals surface area contributed by atoms with E-state index >= 15 is 0 Å². The first kappa shape index (κ1) is 11.0. The molecule has 2 aromatic carbocycles. The highest BCUT2D eigenvalue weighted by atomic mass is 16.1. The summed E-state index contributed by atoms with van der Waals surface area (Å²) in [6.45, 7) is 4.02. The number of carbonyl (C=O) groups excluding carboxylic acids is 1. The van der Waals surface area contributed by atoms with Gasteiger partial charge >= 0.3 is 0 Å². The number of Topliss-reactive ketones (excluding diaryl/α,β-unsaturated/α-hetero) is 1. The van der Waals surface area contributed by atoms with Crippen LogP contribution in [0, 0.1) is 0 Å². The van der Waals surface area contributed by atoms with Crippen molar-refractivity contribution in [3.8, 4) is 11.1 Å². The molecule has 3 rings (SSSR count). The van der Waals surface area contributed by atoms with Gasteiger partial charge in [-0.05, 0) is 23.1 Å². The van der Waals surface area contributed by atoms with Crippen LogP contribution in [0.4, 0.5) is 0 Å². The molecule has 0 atom stereocenters. The van der Waals surface area contributed by atoms with E-state index in [2.05, 4.69) is 18.7 Å². The van der Waals surface area contributed by atoms with E-state index in [0.29, 0.717) is 6.42 Å². The molecule has 0 N–H and O–H groups in total. The summed E-state index contributed by atoms with van der Waals surface area (Å²) in [5.74, 6) is 0.171. The third-order valence-corrected chi connectivity index (χ3v) is 3.39. The van der Waals surface area contributed by atoms with Crippen molar-refractivity contribution in [2.45, 2.75) is 12.8 Å². The van der Waals surface area contributed by atoms with Gasteiger partial charge in [-0.25, -0.2) is 0 Å². The summed E-state index contributed by atoms with van der Waals surface area (Å²) in [6, 6.07) is 16.1. The average molecular weight is 234 g/mol. The molecule has 0 aliphatic heterocycles. The Morgan fingerprint density at radius 3 is 2.17 bits per heavy atom. The van der Waals surface area contributed by atoms with Crippen LogP contribution in [0.15, 0.2) is 60.7 Å². The number of ketones is 1. The molecular formula is C17H14O. The third-order valence-electron chi connectivity index (χ3n) is 3.39. The number of carbonyl (C=O) groups is 1. The van der Waals surface area contributed by atoms with Crippen LogP contribution in [-0.2, 0) is 6.42 Å². The third kappa shape index (κ3) is 1.78. The highest BCUT2D eigenvalue weighted by molar-refractivity contribution is 6.04. The van der Waals surface area contributed by atoms with Crippen LogP contribution in [-0.4, -0.2) is 5.78 Å². The molecule has 1 nitrogen and oxygen atoms in total. The van der Waals surface area contributed by atoms with Crippen LogP contribution in [0.25, 0.3) is 11.1 Å². The largest absolute Gasteiger partial charge is 0.294 e. The molecule has 0 unspecified atom stereocenters. The number of rotatable bonds is 0. The van der Waals surface area contributed by atoms with Crippen LogP contribution < -0.4 is 0 Å². The van der Waals surface area contributed by atoms with E-state index in [1.165, 1.54) is 5.56 Å². The van der Waals surface area contributed by atoms with Crippen LogP contribution in [0.2, 0.25) is 0 Å². The van der Waals surface area contributed by atoms with Gasteiger partial charge in [-0.3, -0.25) is 4.79 Å². The van der Waals surface area contributed by atoms with Gasteiger partial charge in [0.1, 0.15) is 0 Å². The van der Waals surface area contributed by atoms with Crippen LogP contribution in [0.5, 0.6) is 0 Å². The van der Waals surface area contributed by atoms with Crippen LogP contribution in [0.3, 0.4) is 0 Å². The van der Waals surface area contributed by atoms with Gasteiger partial charge in [-0.15, -0.1) is 0 Å². The lowest BCUT2D eigenvalue weighted by atomic mass is 9.86. The van der Waals surface area contributed by atoms with Gasteiger partial charge < -0.3 is 0 Å². The summed E-state index contributed by atoms with van der Waals surface area (Å²) in [6.07, 6.45) is 1.24. The fourth-order valence-electron chi connectivity index (χ4n) is 2.55. The molecule has 1 aliphatic carbocycles. The molecule has 0 spiro atoms. The number of hydrogen-bond donors (Lipinski definition) is 0. The second-order valence-electron chi connectivity index (χ2n) is 4.73. The van der Waals surface area contributed by atoms with Gasteiger partial charge in [-0.1, -0.05) is 60.7 Å². The fraction of sp³-hybridized carbons (Fsp3) is 0.118. The Hall–Kier alpha value is -2.15. The first-order valence-corrected chi connectivity index (χ1v) is 6.13. The quantitative estimate of drug-likeness (QED) is 0.629. The van der Waals surface area contributed by atoms with Crippen molar-refractivity contribution in [2.75, 3.05) is 0 Å². The molecule has 0 amide bonds. The zero-order chi connectivity index (χ0) is 12.5. The van der Waals surface area contributed by atoms with Crippen molar-refractivity contribution in [3.05, 3.63) is 71.8 Å². The van der Waals surface area contributed by atoms with Gasteiger partial charge in [-0.2, -0.15) is 0 Å². The SMILES string of the molecule is C=C1CC(=O)c2ccccc2-c2ccccc2C1. The Morgan fingerprint density at radius 1 is 0.778 bits per heavy atom. The Labute approximate surface area is 107 Å². The van der Waals surface area contributed by atoms with E-state index in [9.17, 15) is 4.79 Å². The van der Waals surface area contributed by atoms with E-state index in [1.54, 1.807) is 0 Å². The number of hydrogen-bond acceptors (Lipinski definition) is 1. The van der Waals surface area contributed by atoms with Crippen LogP contribution in [0.1, 0.15) is 22.3 Å². The summed E-state index contributed by atoms with van der Waals surface area (Å²) in [4.78, 5) is 12.2. The molecule has 0 aromatic heterocycles. The van der Waals surface area contributed by atoms with Gasteiger partial charge in [0.05, 0.1) is 0 Å². The Balaban J connectivity index is 2.30. The number of allylic oxidation sites excluding steroid dienone is 1. The van der Waals surface area contributed by atoms with E-state index in [4.69, 9.17) is 0 Å². The predicted octanol–water partition coefficient (Wildman–Crippen LogP) is 4.04. The molecule has 0 fully saturated rings. The fourth-order valence-corrected chi connectivity index (χ4v) is 2.55. The van der Waals surface area contributed by atoms with Crippen molar-refractivity contribution in [1.29, 1.82) is 0 Å². The van der Waals surface area contributed by atoms with Gasteiger partial charge in [0.25, 0.3) is 0 Å². The standard InChI is InChI=1S/C17H14O/c1-12-10-13-6-2-3-7-14(13)15-8-4-5-9-16(15)17(18)11-12/h2-9H,1,10-11H2. The zero-order valence-electron chi connectivity index (χ0n) is 10.1. The Kier molecular flexibility index (Phi) is 2.60. The van der Waals surface area contributed by atoms with E-state index in [1.807, 2.05) is 36.4 Å². The normalized spacial score (nSPS) is 14.4. The second-order valence-corrected chi connectivity index (χ2v) is 4.73. The lowest BCUT2D eigenvalue weighted by Crippen LogP contribution is -2.08.